The zero-order chi connectivity index (χ0) is 12.5. The summed E-state index contributed by atoms with van der Waals surface area (Å²) >= 11 is 5.49. The van der Waals surface area contributed by atoms with Gasteiger partial charge in [-0.1, -0.05) is 11.6 Å². The maximum absolute atomic E-state index is 12.6. The van der Waals surface area contributed by atoms with Crippen molar-refractivity contribution in [2.45, 2.75) is 13.1 Å². The van der Waals surface area contributed by atoms with Crippen LogP contribution in [0.4, 0.5) is 13.2 Å². The molecular weight excluding hydrogens is 247 g/mol. The molecule has 0 N–H and O–H groups in total. The van der Waals surface area contributed by atoms with Crippen molar-refractivity contribution < 1.29 is 22.7 Å². The molecule has 0 aliphatic rings. The highest BCUT2D eigenvalue weighted by Crippen LogP contribution is 2.35. The van der Waals surface area contributed by atoms with Gasteiger partial charge < -0.3 is 4.74 Å². The van der Waals surface area contributed by atoms with E-state index >= 15 is 0 Å². The maximum Gasteiger partial charge on any atom is 0.418 e. The van der Waals surface area contributed by atoms with Crippen molar-refractivity contribution in [3.8, 4) is 0 Å². The zero-order valence-corrected chi connectivity index (χ0v) is 9.11. The normalized spacial score (nSPS) is 11.4. The number of methoxy groups -OCH3 is 1. The molecule has 0 saturated heterocycles. The fraction of sp³-hybridized carbons (Fsp3) is 0.333. The summed E-state index contributed by atoms with van der Waals surface area (Å²) in [7, 11) is 0.992. The zero-order valence-electron chi connectivity index (χ0n) is 8.35. The number of alkyl halides is 3. The second-order valence-electron chi connectivity index (χ2n) is 2.94. The Morgan fingerprint density at radius 1 is 1.50 bits per heavy atom. The number of aromatic nitrogens is 1. The van der Waals surface area contributed by atoms with Crippen molar-refractivity contribution in [2.75, 3.05) is 7.11 Å². The Morgan fingerprint density at radius 3 is 2.50 bits per heavy atom. The molecule has 1 heterocycles. The monoisotopic (exact) mass is 253 g/mol. The van der Waals surface area contributed by atoms with E-state index in [4.69, 9.17) is 11.6 Å². The number of pyridine rings is 1. The molecule has 0 aliphatic carbocycles. The Kier molecular flexibility index (Phi) is 3.42. The van der Waals surface area contributed by atoms with Crippen LogP contribution in [-0.4, -0.2) is 18.1 Å². The van der Waals surface area contributed by atoms with Gasteiger partial charge in [-0.15, -0.1) is 0 Å². The molecule has 1 rings (SSSR count). The van der Waals surface area contributed by atoms with E-state index in [-0.39, 0.29) is 10.8 Å². The lowest BCUT2D eigenvalue weighted by atomic mass is 10.1. The average Bonchev–Trinajstić information content (AvgIpc) is 2.12. The molecule has 0 saturated carbocycles. The number of carbonyl (C=O) groups excluding carboxylic acids is 1. The lowest BCUT2D eigenvalue weighted by Crippen LogP contribution is -2.17. The van der Waals surface area contributed by atoms with E-state index in [1.165, 1.54) is 0 Å². The SMILES string of the molecule is COC(=O)c1cc(Cl)nc(C)c1C(F)(F)F. The number of nitrogens with zero attached hydrogens (tertiary/aromatic N) is 1. The van der Waals surface area contributed by atoms with Crippen LogP contribution in [0, 0.1) is 6.92 Å². The van der Waals surface area contributed by atoms with Gasteiger partial charge in [0.05, 0.1) is 23.9 Å². The minimum atomic E-state index is -4.68. The van der Waals surface area contributed by atoms with E-state index in [9.17, 15) is 18.0 Å². The largest absolute Gasteiger partial charge is 0.465 e. The van der Waals surface area contributed by atoms with E-state index in [0.29, 0.717) is 0 Å². The Morgan fingerprint density at radius 2 is 2.06 bits per heavy atom. The molecule has 0 spiro atoms. The van der Waals surface area contributed by atoms with Gasteiger partial charge in [0.1, 0.15) is 5.15 Å². The van der Waals surface area contributed by atoms with E-state index in [1.54, 1.807) is 0 Å². The number of aryl methyl sites for hydroxylation is 1. The molecule has 1 aromatic heterocycles. The van der Waals surface area contributed by atoms with Gasteiger partial charge in [0.2, 0.25) is 0 Å². The molecule has 7 heteroatoms. The molecule has 88 valence electrons. The summed E-state index contributed by atoms with van der Waals surface area (Å²) in [6, 6.07) is 0.837. The lowest BCUT2D eigenvalue weighted by Gasteiger charge is -2.13. The van der Waals surface area contributed by atoms with Crippen LogP contribution in [0.15, 0.2) is 6.07 Å². The van der Waals surface area contributed by atoms with Crippen LogP contribution < -0.4 is 0 Å². The van der Waals surface area contributed by atoms with Crippen LogP contribution >= 0.6 is 11.6 Å². The summed E-state index contributed by atoms with van der Waals surface area (Å²) in [6.07, 6.45) is -4.68. The lowest BCUT2D eigenvalue weighted by molar-refractivity contribution is -0.138. The smallest absolute Gasteiger partial charge is 0.418 e. The highest BCUT2D eigenvalue weighted by atomic mass is 35.5. The number of hydrogen-bond donors (Lipinski definition) is 0. The number of halogens is 4. The summed E-state index contributed by atoms with van der Waals surface area (Å²) in [5, 5.41) is -0.189. The van der Waals surface area contributed by atoms with Gasteiger partial charge in [-0.3, -0.25) is 0 Å². The molecule has 0 radical (unpaired) electrons. The van der Waals surface area contributed by atoms with E-state index in [2.05, 4.69) is 9.72 Å². The standard InChI is InChI=1S/C9H7ClF3NO2/c1-4-7(9(11,12)13)5(8(15)16-2)3-6(10)14-4/h3H,1-2H3. The Hall–Kier alpha value is -1.30. The highest BCUT2D eigenvalue weighted by Gasteiger charge is 2.38. The van der Waals surface area contributed by atoms with Gasteiger partial charge in [0.15, 0.2) is 0 Å². The topological polar surface area (TPSA) is 39.2 Å². The maximum atomic E-state index is 12.6. The van der Waals surface area contributed by atoms with Crippen LogP contribution in [0.2, 0.25) is 5.15 Å². The van der Waals surface area contributed by atoms with E-state index in [0.717, 1.165) is 20.1 Å². The summed E-state index contributed by atoms with van der Waals surface area (Å²) in [5.41, 5.74) is -2.11. The fourth-order valence-electron chi connectivity index (χ4n) is 1.26. The number of hydrogen-bond acceptors (Lipinski definition) is 3. The molecule has 0 unspecified atom stereocenters. The van der Waals surface area contributed by atoms with Crippen molar-refractivity contribution in [2.24, 2.45) is 0 Å². The van der Waals surface area contributed by atoms with Gasteiger partial charge in [-0.05, 0) is 13.0 Å². The molecule has 0 aromatic carbocycles. The summed E-state index contributed by atoms with van der Waals surface area (Å²) in [4.78, 5) is 14.6. The molecule has 0 amide bonds. The minimum Gasteiger partial charge on any atom is -0.465 e. The third-order valence-electron chi connectivity index (χ3n) is 1.86. The predicted molar refractivity (Wildman–Crippen MR) is 50.3 cm³/mol. The molecule has 0 fully saturated rings. The molecular formula is C9H7ClF3NO2. The van der Waals surface area contributed by atoms with Crippen molar-refractivity contribution in [1.29, 1.82) is 0 Å². The minimum absolute atomic E-state index is 0.189. The number of carbonyl (C=O) groups is 1. The molecule has 3 nitrogen and oxygen atoms in total. The second-order valence-corrected chi connectivity index (χ2v) is 3.33. The first-order chi connectivity index (χ1) is 7.27. The summed E-state index contributed by atoms with van der Waals surface area (Å²) in [6.45, 7) is 1.13. The van der Waals surface area contributed by atoms with Crippen LogP contribution in [-0.2, 0) is 10.9 Å². The Labute approximate surface area is 94.2 Å². The quantitative estimate of drug-likeness (QED) is 0.571. The predicted octanol–water partition coefficient (Wildman–Crippen LogP) is 2.85. The van der Waals surface area contributed by atoms with Crippen molar-refractivity contribution in [3.05, 3.63) is 28.0 Å². The van der Waals surface area contributed by atoms with Gasteiger partial charge in [0.25, 0.3) is 0 Å². The second kappa shape index (κ2) is 4.29. The first kappa shape index (κ1) is 12.8. The Bertz CT molecular complexity index is 431. The number of ether oxygens (including phenoxy) is 1. The number of rotatable bonds is 1. The first-order valence-corrected chi connectivity index (χ1v) is 4.47. The first-order valence-electron chi connectivity index (χ1n) is 4.10. The third-order valence-corrected chi connectivity index (χ3v) is 2.05. The average molecular weight is 254 g/mol. The third kappa shape index (κ3) is 2.44. The van der Waals surface area contributed by atoms with E-state index < -0.39 is 23.3 Å². The Balaban J connectivity index is 3.51. The van der Waals surface area contributed by atoms with Gasteiger partial charge in [0, 0.05) is 0 Å². The number of esters is 1. The van der Waals surface area contributed by atoms with Gasteiger partial charge in [-0.25, -0.2) is 9.78 Å². The van der Waals surface area contributed by atoms with Crippen molar-refractivity contribution >= 4 is 17.6 Å². The summed E-state index contributed by atoms with van der Waals surface area (Å²) < 4.78 is 42.2. The van der Waals surface area contributed by atoms with Crippen LogP contribution in [0.5, 0.6) is 0 Å². The van der Waals surface area contributed by atoms with Crippen LogP contribution in [0.25, 0.3) is 0 Å². The van der Waals surface area contributed by atoms with Crippen molar-refractivity contribution in [1.82, 2.24) is 4.98 Å². The van der Waals surface area contributed by atoms with Crippen LogP contribution in [0.3, 0.4) is 0 Å². The molecule has 1 aromatic rings. The van der Waals surface area contributed by atoms with Crippen molar-refractivity contribution in [3.63, 3.8) is 0 Å². The molecule has 0 atom stereocenters. The van der Waals surface area contributed by atoms with E-state index in [1.807, 2.05) is 0 Å². The van der Waals surface area contributed by atoms with Crippen LogP contribution in [0.1, 0.15) is 21.6 Å². The molecule has 16 heavy (non-hydrogen) atoms. The fourth-order valence-corrected chi connectivity index (χ4v) is 1.50. The van der Waals surface area contributed by atoms with Gasteiger partial charge in [-0.2, -0.15) is 13.2 Å². The molecule has 0 aliphatic heterocycles. The highest BCUT2D eigenvalue weighted by molar-refractivity contribution is 6.29. The van der Waals surface area contributed by atoms with Gasteiger partial charge >= 0.3 is 12.1 Å². The molecule has 0 bridgehead atoms. The summed E-state index contributed by atoms with van der Waals surface area (Å²) in [5.74, 6) is -1.10.